The van der Waals surface area contributed by atoms with Gasteiger partial charge < -0.3 is 0 Å². The van der Waals surface area contributed by atoms with Gasteiger partial charge in [-0.2, -0.15) is 0 Å². The molecule has 0 radical (unpaired) electrons. The molecule has 0 amide bonds. The van der Waals surface area contributed by atoms with Crippen molar-refractivity contribution in [3.8, 4) is 0 Å². The Labute approximate surface area is 109 Å². The molecule has 1 heterocycles. The summed E-state index contributed by atoms with van der Waals surface area (Å²) in [6.45, 7) is 7.05. The van der Waals surface area contributed by atoms with Crippen LogP contribution in [0.5, 0.6) is 0 Å². The Morgan fingerprint density at radius 2 is 1.82 bits per heavy atom. The summed E-state index contributed by atoms with van der Waals surface area (Å²) in [7, 11) is -1.36. The van der Waals surface area contributed by atoms with E-state index in [0.717, 1.165) is 0 Å². The monoisotopic (exact) mass is 269 g/mol. The summed E-state index contributed by atoms with van der Waals surface area (Å²) in [6.07, 6.45) is 8.80. The van der Waals surface area contributed by atoms with Crippen LogP contribution in [0, 0.1) is 0 Å². The molecule has 0 spiro atoms. The van der Waals surface area contributed by atoms with Crippen molar-refractivity contribution in [2.24, 2.45) is 0 Å². The second kappa shape index (κ2) is 5.14. The highest BCUT2D eigenvalue weighted by Gasteiger charge is 2.28. The molecule has 1 aliphatic rings. The normalized spacial score (nSPS) is 18.6. The van der Waals surface area contributed by atoms with Gasteiger partial charge in [-0.3, -0.25) is 0 Å². The first-order valence-electron chi connectivity index (χ1n) is 6.53. The Bertz CT molecular complexity index is 378. The van der Waals surface area contributed by atoms with Crippen LogP contribution in [0.2, 0.25) is 19.6 Å². The van der Waals surface area contributed by atoms with Gasteiger partial charge in [-0.25, -0.2) is 4.68 Å². The van der Waals surface area contributed by atoms with Crippen molar-refractivity contribution < 1.29 is 0 Å². The molecule has 17 heavy (non-hydrogen) atoms. The van der Waals surface area contributed by atoms with Gasteiger partial charge in [-0.15, -0.1) is 16.9 Å². The molecular weight excluding hydrogens is 246 g/mol. The molecule has 1 aliphatic carbocycles. The van der Waals surface area contributed by atoms with Crippen LogP contribution in [-0.4, -0.2) is 29.3 Å². The number of hydrogen-bond donors (Lipinski definition) is 0. The second-order valence-electron chi connectivity index (χ2n) is 5.93. The summed E-state index contributed by atoms with van der Waals surface area (Å²) in [5, 5.41) is 11.6. The Morgan fingerprint density at radius 3 is 2.35 bits per heavy atom. The minimum atomic E-state index is -1.36. The van der Waals surface area contributed by atoms with Crippen molar-refractivity contribution in [1.82, 2.24) is 15.0 Å². The Balaban J connectivity index is 2.31. The summed E-state index contributed by atoms with van der Waals surface area (Å²) >= 11 is 1.82. The molecule has 0 N–H and O–H groups in total. The van der Waals surface area contributed by atoms with Crippen molar-refractivity contribution in [3.63, 3.8) is 0 Å². The van der Waals surface area contributed by atoms with E-state index >= 15 is 0 Å². The summed E-state index contributed by atoms with van der Waals surface area (Å²) in [6, 6.07) is 0.601. The number of aromatic nitrogens is 3. The van der Waals surface area contributed by atoms with Gasteiger partial charge in [0, 0.05) is 0 Å². The van der Waals surface area contributed by atoms with Crippen molar-refractivity contribution in [1.29, 1.82) is 0 Å². The SMILES string of the molecule is CSc1c([Si](C)(C)C)nnn1C1CCCCC1. The first-order chi connectivity index (χ1) is 8.04. The van der Waals surface area contributed by atoms with E-state index in [0.29, 0.717) is 6.04 Å². The smallest absolute Gasteiger partial charge is 0.113 e. The molecule has 2 rings (SSSR count). The minimum Gasteiger partial charge on any atom is -0.236 e. The van der Waals surface area contributed by atoms with Crippen LogP contribution in [0.1, 0.15) is 38.1 Å². The van der Waals surface area contributed by atoms with E-state index in [-0.39, 0.29) is 0 Å². The molecule has 1 aromatic rings. The lowest BCUT2D eigenvalue weighted by Crippen LogP contribution is -2.40. The molecule has 0 saturated heterocycles. The Morgan fingerprint density at radius 1 is 1.18 bits per heavy atom. The van der Waals surface area contributed by atoms with Crippen LogP contribution in [0.3, 0.4) is 0 Å². The topological polar surface area (TPSA) is 30.7 Å². The number of hydrogen-bond acceptors (Lipinski definition) is 3. The van der Waals surface area contributed by atoms with E-state index in [9.17, 15) is 0 Å². The van der Waals surface area contributed by atoms with Crippen LogP contribution in [-0.2, 0) is 0 Å². The van der Waals surface area contributed by atoms with E-state index in [1.54, 1.807) is 0 Å². The van der Waals surface area contributed by atoms with E-state index < -0.39 is 8.07 Å². The van der Waals surface area contributed by atoms with E-state index in [4.69, 9.17) is 0 Å². The minimum absolute atomic E-state index is 0.601. The fourth-order valence-corrected chi connectivity index (χ4v) is 5.44. The highest BCUT2D eigenvalue weighted by atomic mass is 32.2. The van der Waals surface area contributed by atoms with Gasteiger partial charge in [-0.1, -0.05) is 44.1 Å². The molecule has 1 aromatic heterocycles. The predicted molar refractivity (Wildman–Crippen MR) is 76.9 cm³/mol. The lowest BCUT2D eigenvalue weighted by atomic mass is 9.96. The summed E-state index contributed by atoms with van der Waals surface area (Å²) < 4.78 is 2.22. The number of thioether (sulfide) groups is 1. The summed E-state index contributed by atoms with van der Waals surface area (Å²) in [5.74, 6) is 0. The average molecular weight is 269 g/mol. The largest absolute Gasteiger partial charge is 0.236 e. The molecule has 1 fully saturated rings. The molecule has 5 heteroatoms. The number of nitrogens with zero attached hydrogens (tertiary/aromatic N) is 3. The van der Waals surface area contributed by atoms with Crippen molar-refractivity contribution >= 4 is 25.2 Å². The van der Waals surface area contributed by atoms with Gasteiger partial charge in [0.05, 0.1) is 11.4 Å². The third kappa shape index (κ3) is 2.76. The van der Waals surface area contributed by atoms with E-state index in [2.05, 4.69) is 40.9 Å². The fraction of sp³-hybridized carbons (Fsp3) is 0.833. The van der Waals surface area contributed by atoms with Crippen LogP contribution >= 0.6 is 11.8 Å². The van der Waals surface area contributed by atoms with Gasteiger partial charge in [0.15, 0.2) is 0 Å². The maximum atomic E-state index is 4.49. The third-order valence-electron chi connectivity index (χ3n) is 3.48. The molecule has 96 valence electrons. The summed E-state index contributed by atoms with van der Waals surface area (Å²) in [5.41, 5.74) is 0. The maximum absolute atomic E-state index is 4.49. The summed E-state index contributed by atoms with van der Waals surface area (Å²) in [4.78, 5) is 0. The van der Waals surface area contributed by atoms with Gasteiger partial charge in [0.25, 0.3) is 0 Å². The van der Waals surface area contributed by atoms with E-state index in [1.807, 2.05) is 11.8 Å². The number of rotatable bonds is 3. The highest BCUT2D eigenvalue weighted by molar-refractivity contribution is 7.98. The average Bonchev–Trinajstić information content (AvgIpc) is 2.73. The first kappa shape index (κ1) is 13.1. The van der Waals surface area contributed by atoms with Crippen LogP contribution in [0.15, 0.2) is 5.03 Å². The molecule has 0 unspecified atom stereocenters. The van der Waals surface area contributed by atoms with Gasteiger partial charge in [-0.05, 0) is 19.1 Å². The molecule has 0 aromatic carbocycles. The van der Waals surface area contributed by atoms with Crippen molar-refractivity contribution in [2.75, 3.05) is 6.26 Å². The highest BCUT2D eigenvalue weighted by Crippen LogP contribution is 2.30. The van der Waals surface area contributed by atoms with Gasteiger partial charge >= 0.3 is 0 Å². The van der Waals surface area contributed by atoms with Crippen LogP contribution in [0.25, 0.3) is 0 Å². The van der Waals surface area contributed by atoms with Crippen molar-refractivity contribution in [2.45, 2.75) is 62.8 Å². The Hall–Kier alpha value is -0.293. The van der Waals surface area contributed by atoms with E-state index in [1.165, 1.54) is 42.4 Å². The maximum Gasteiger partial charge on any atom is 0.113 e. The lowest BCUT2D eigenvalue weighted by Gasteiger charge is -2.23. The van der Waals surface area contributed by atoms with Gasteiger partial charge in [0.1, 0.15) is 13.1 Å². The standard InChI is InChI=1S/C12H23N3SSi/c1-16-12-11(17(2,3)4)13-14-15(12)10-8-6-5-7-9-10/h10H,5-9H2,1-4H3. The zero-order chi connectivity index (χ0) is 12.5. The van der Waals surface area contributed by atoms with Gasteiger partial charge in [0.2, 0.25) is 0 Å². The molecule has 3 nitrogen and oxygen atoms in total. The first-order valence-corrected chi connectivity index (χ1v) is 11.3. The molecular formula is C12H23N3SSi. The molecule has 1 saturated carbocycles. The molecule has 0 atom stereocenters. The van der Waals surface area contributed by atoms with Crippen LogP contribution < -0.4 is 5.32 Å². The predicted octanol–water partition coefficient (Wildman–Crippen LogP) is 3.05. The van der Waals surface area contributed by atoms with Crippen LogP contribution in [0.4, 0.5) is 0 Å². The molecule has 0 bridgehead atoms. The second-order valence-corrected chi connectivity index (χ2v) is 11.7. The zero-order valence-electron chi connectivity index (χ0n) is 11.4. The third-order valence-corrected chi connectivity index (χ3v) is 6.18. The lowest BCUT2D eigenvalue weighted by molar-refractivity contribution is 0.308. The fourth-order valence-electron chi connectivity index (χ4n) is 2.51. The quantitative estimate of drug-likeness (QED) is 0.624. The van der Waals surface area contributed by atoms with Crippen molar-refractivity contribution in [3.05, 3.63) is 0 Å². The Kier molecular flexibility index (Phi) is 3.98. The molecule has 0 aliphatic heterocycles. The zero-order valence-corrected chi connectivity index (χ0v) is 13.2.